The van der Waals surface area contributed by atoms with E-state index >= 15 is 0 Å². The van der Waals surface area contributed by atoms with E-state index in [2.05, 4.69) is 44.5 Å². The number of carbonyl (C=O) groups excluding carboxylic acids is 1. The minimum atomic E-state index is -0.0553. The predicted octanol–water partition coefficient (Wildman–Crippen LogP) is 3.51. The van der Waals surface area contributed by atoms with Crippen molar-refractivity contribution >= 4 is 11.9 Å². The maximum absolute atomic E-state index is 12.4. The molecule has 0 spiro atoms. The summed E-state index contributed by atoms with van der Waals surface area (Å²) in [5.41, 5.74) is 3.14. The van der Waals surface area contributed by atoms with E-state index in [4.69, 9.17) is 4.74 Å². The average molecular weight is 376 g/mol. The first-order valence-electron chi connectivity index (χ1n) is 9.48. The summed E-state index contributed by atoms with van der Waals surface area (Å²) in [7, 11) is 1.64. The Bertz CT molecular complexity index is 938. The zero-order valence-corrected chi connectivity index (χ0v) is 15.9. The molecule has 1 saturated heterocycles. The number of aromatic nitrogens is 2. The molecule has 1 aromatic heterocycles. The summed E-state index contributed by atoms with van der Waals surface area (Å²) in [4.78, 5) is 22.1. The van der Waals surface area contributed by atoms with E-state index < -0.39 is 0 Å². The standard InChI is InChI=1S/C22H24N4O2/c1-28-19-9-5-8-17(12-19)20-13-23-22(24-20)25-21(27)15-26-11-10-18(14-26)16-6-3-2-4-7-16/h2-9,12-13,18H,10-11,14-15H2,1H3,(H2,23,24,25,27). The lowest BCUT2D eigenvalue weighted by Gasteiger charge is -2.15. The summed E-state index contributed by atoms with van der Waals surface area (Å²) in [6, 6.07) is 18.2. The Morgan fingerprint density at radius 3 is 2.93 bits per heavy atom. The maximum Gasteiger partial charge on any atom is 0.240 e. The normalized spacial score (nSPS) is 16.8. The van der Waals surface area contributed by atoms with Gasteiger partial charge in [0, 0.05) is 12.1 Å². The topological polar surface area (TPSA) is 70.2 Å². The number of likely N-dealkylation sites (tertiary alicyclic amines) is 1. The zero-order chi connectivity index (χ0) is 19.3. The largest absolute Gasteiger partial charge is 0.497 e. The molecule has 1 atom stereocenters. The Hall–Kier alpha value is -3.12. The molecule has 1 aliphatic heterocycles. The van der Waals surface area contributed by atoms with E-state index in [0.29, 0.717) is 18.4 Å². The smallest absolute Gasteiger partial charge is 0.240 e. The lowest BCUT2D eigenvalue weighted by Crippen LogP contribution is -2.31. The van der Waals surface area contributed by atoms with Gasteiger partial charge in [0.15, 0.2) is 0 Å². The number of amides is 1. The molecule has 4 rings (SSSR count). The van der Waals surface area contributed by atoms with E-state index in [9.17, 15) is 4.79 Å². The fourth-order valence-electron chi connectivity index (χ4n) is 3.67. The number of hydrogen-bond acceptors (Lipinski definition) is 4. The van der Waals surface area contributed by atoms with Crippen molar-refractivity contribution in [1.29, 1.82) is 0 Å². The summed E-state index contributed by atoms with van der Waals surface area (Å²) >= 11 is 0. The van der Waals surface area contributed by atoms with Crippen LogP contribution in [0.4, 0.5) is 5.95 Å². The quantitative estimate of drug-likeness (QED) is 0.691. The number of carbonyl (C=O) groups is 1. The van der Waals surface area contributed by atoms with Crippen LogP contribution in [-0.4, -0.2) is 47.5 Å². The Morgan fingerprint density at radius 2 is 2.11 bits per heavy atom. The number of benzene rings is 2. The number of nitrogens with zero attached hydrogens (tertiary/aromatic N) is 2. The summed E-state index contributed by atoms with van der Waals surface area (Å²) in [6.45, 7) is 2.21. The Kier molecular flexibility index (Phi) is 5.39. The Labute approximate surface area is 164 Å². The van der Waals surface area contributed by atoms with Crippen LogP contribution in [0.5, 0.6) is 5.75 Å². The monoisotopic (exact) mass is 376 g/mol. The van der Waals surface area contributed by atoms with Crippen molar-refractivity contribution in [3.8, 4) is 17.0 Å². The van der Waals surface area contributed by atoms with Crippen LogP contribution >= 0.6 is 0 Å². The lowest BCUT2D eigenvalue weighted by atomic mass is 9.99. The summed E-state index contributed by atoms with van der Waals surface area (Å²) in [6.07, 6.45) is 2.80. The molecule has 2 heterocycles. The van der Waals surface area contributed by atoms with Crippen LogP contribution in [0, 0.1) is 0 Å². The number of nitrogens with one attached hydrogen (secondary N) is 2. The second-order valence-corrected chi connectivity index (χ2v) is 7.06. The molecule has 0 bridgehead atoms. The molecule has 0 saturated carbocycles. The van der Waals surface area contributed by atoms with Crippen molar-refractivity contribution in [1.82, 2.24) is 14.9 Å². The van der Waals surface area contributed by atoms with E-state index in [1.165, 1.54) is 5.56 Å². The number of imidazole rings is 1. The number of anilines is 1. The van der Waals surface area contributed by atoms with Crippen molar-refractivity contribution in [2.24, 2.45) is 0 Å². The third-order valence-electron chi connectivity index (χ3n) is 5.12. The molecule has 1 amide bonds. The second kappa shape index (κ2) is 8.27. The van der Waals surface area contributed by atoms with Crippen molar-refractivity contribution in [3.63, 3.8) is 0 Å². The van der Waals surface area contributed by atoms with Gasteiger partial charge in [-0.3, -0.25) is 15.0 Å². The minimum Gasteiger partial charge on any atom is -0.497 e. The van der Waals surface area contributed by atoms with Gasteiger partial charge in [0.1, 0.15) is 5.75 Å². The number of aromatic amines is 1. The third kappa shape index (κ3) is 4.23. The van der Waals surface area contributed by atoms with Gasteiger partial charge in [-0.2, -0.15) is 0 Å². The minimum absolute atomic E-state index is 0.0553. The molecular formula is C22H24N4O2. The molecule has 2 aromatic carbocycles. The SMILES string of the molecule is COc1cccc(-c2cnc(NC(=O)CN3CCC(c4ccccc4)C3)[nH]2)c1. The number of methoxy groups -OCH3 is 1. The zero-order valence-electron chi connectivity index (χ0n) is 15.9. The summed E-state index contributed by atoms with van der Waals surface area (Å²) < 4.78 is 5.25. The van der Waals surface area contributed by atoms with E-state index in [1.807, 2.05) is 30.3 Å². The van der Waals surface area contributed by atoms with Gasteiger partial charge in [-0.1, -0.05) is 42.5 Å². The molecule has 28 heavy (non-hydrogen) atoms. The fraction of sp³-hybridized carbons (Fsp3) is 0.273. The molecule has 6 nitrogen and oxygen atoms in total. The van der Waals surface area contributed by atoms with Crippen LogP contribution in [0.2, 0.25) is 0 Å². The van der Waals surface area contributed by atoms with Crippen LogP contribution in [0.3, 0.4) is 0 Å². The first-order valence-corrected chi connectivity index (χ1v) is 9.48. The summed E-state index contributed by atoms with van der Waals surface area (Å²) in [5, 5.41) is 2.86. The van der Waals surface area contributed by atoms with Crippen molar-refractivity contribution in [3.05, 3.63) is 66.4 Å². The number of rotatable bonds is 6. The second-order valence-electron chi connectivity index (χ2n) is 7.06. The van der Waals surface area contributed by atoms with Crippen molar-refractivity contribution in [2.75, 3.05) is 32.1 Å². The van der Waals surface area contributed by atoms with Crippen LogP contribution in [0.15, 0.2) is 60.8 Å². The molecule has 3 aromatic rings. The first kappa shape index (κ1) is 18.3. The molecule has 144 valence electrons. The van der Waals surface area contributed by atoms with Crippen LogP contribution in [0.1, 0.15) is 17.9 Å². The molecular weight excluding hydrogens is 352 g/mol. The van der Waals surface area contributed by atoms with Crippen LogP contribution in [-0.2, 0) is 4.79 Å². The Morgan fingerprint density at radius 1 is 1.25 bits per heavy atom. The molecule has 1 unspecified atom stereocenters. The highest BCUT2D eigenvalue weighted by atomic mass is 16.5. The number of H-pyrrole nitrogens is 1. The number of ether oxygens (including phenoxy) is 1. The van der Waals surface area contributed by atoms with E-state index in [1.54, 1.807) is 13.3 Å². The van der Waals surface area contributed by atoms with Gasteiger partial charge in [-0.15, -0.1) is 0 Å². The predicted molar refractivity (Wildman–Crippen MR) is 109 cm³/mol. The third-order valence-corrected chi connectivity index (χ3v) is 5.12. The fourth-order valence-corrected chi connectivity index (χ4v) is 3.67. The Balaban J connectivity index is 1.33. The average Bonchev–Trinajstić information content (AvgIpc) is 3.38. The van der Waals surface area contributed by atoms with Crippen molar-refractivity contribution in [2.45, 2.75) is 12.3 Å². The molecule has 0 radical (unpaired) electrons. The van der Waals surface area contributed by atoms with Crippen LogP contribution in [0.25, 0.3) is 11.3 Å². The van der Waals surface area contributed by atoms with Gasteiger partial charge in [-0.25, -0.2) is 4.98 Å². The van der Waals surface area contributed by atoms with Gasteiger partial charge in [-0.05, 0) is 36.6 Å². The molecule has 6 heteroatoms. The van der Waals surface area contributed by atoms with E-state index in [-0.39, 0.29) is 5.91 Å². The number of hydrogen-bond donors (Lipinski definition) is 2. The van der Waals surface area contributed by atoms with Gasteiger partial charge in [0.05, 0.1) is 25.5 Å². The maximum atomic E-state index is 12.4. The first-order chi connectivity index (χ1) is 13.7. The molecule has 1 aliphatic rings. The van der Waals surface area contributed by atoms with Gasteiger partial charge in [0.25, 0.3) is 0 Å². The molecule has 0 aliphatic carbocycles. The van der Waals surface area contributed by atoms with Gasteiger partial charge < -0.3 is 9.72 Å². The van der Waals surface area contributed by atoms with Gasteiger partial charge >= 0.3 is 0 Å². The van der Waals surface area contributed by atoms with Gasteiger partial charge in [0.2, 0.25) is 11.9 Å². The molecule has 1 fully saturated rings. The van der Waals surface area contributed by atoms with Crippen LogP contribution < -0.4 is 10.1 Å². The van der Waals surface area contributed by atoms with Crippen molar-refractivity contribution < 1.29 is 9.53 Å². The highest BCUT2D eigenvalue weighted by Crippen LogP contribution is 2.27. The molecule has 2 N–H and O–H groups in total. The highest BCUT2D eigenvalue weighted by Gasteiger charge is 2.25. The lowest BCUT2D eigenvalue weighted by molar-refractivity contribution is -0.117. The van der Waals surface area contributed by atoms with E-state index in [0.717, 1.165) is 36.5 Å². The summed E-state index contributed by atoms with van der Waals surface area (Å²) in [5.74, 6) is 1.68. The highest BCUT2D eigenvalue weighted by molar-refractivity contribution is 5.91.